The van der Waals surface area contributed by atoms with Crippen molar-refractivity contribution in [3.05, 3.63) is 0 Å². The summed E-state index contributed by atoms with van der Waals surface area (Å²) in [6.45, 7) is 3.86. The molecule has 2 bridgehead atoms. The summed E-state index contributed by atoms with van der Waals surface area (Å²) < 4.78 is 0. The first-order valence-corrected chi connectivity index (χ1v) is 7.28. The first-order chi connectivity index (χ1) is 8.99. The summed E-state index contributed by atoms with van der Waals surface area (Å²) in [7, 11) is 0. The quantitative estimate of drug-likeness (QED) is 0.787. The molecule has 106 valence electrons. The van der Waals surface area contributed by atoms with Crippen LogP contribution in [0.3, 0.4) is 0 Å². The smallest absolute Gasteiger partial charge is 0.320 e. The number of carboxylic acid groups (broad SMARTS) is 1. The first-order valence-electron chi connectivity index (χ1n) is 7.28. The van der Waals surface area contributed by atoms with Crippen molar-refractivity contribution in [2.24, 2.45) is 11.3 Å². The standard InChI is InChI=1S/C14H22N2O3/c1-14(12(17)18)4-6-15(7-5-14)13(19)16-9-10-2-3-11(16)8-10/h10-11H,2-9H2,1H3,(H,17,18). The van der Waals surface area contributed by atoms with Crippen molar-refractivity contribution < 1.29 is 14.7 Å². The van der Waals surface area contributed by atoms with Gasteiger partial charge in [-0.25, -0.2) is 4.79 Å². The second-order valence-electron chi connectivity index (χ2n) is 6.62. The molecule has 3 rings (SSSR count). The van der Waals surface area contributed by atoms with Gasteiger partial charge in [0.1, 0.15) is 0 Å². The number of carbonyl (C=O) groups is 2. The molecule has 19 heavy (non-hydrogen) atoms. The number of hydrogen-bond donors (Lipinski definition) is 1. The SMILES string of the molecule is CC1(C(=O)O)CCN(C(=O)N2CC3CCC2C3)CC1. The molecule has 0 aromatic carbocycles. The fraction of sp³-hybridized carbons (Fsp3) is 0.857. The summed E-state index contributed by atoms with van der Waals surface area (Å²) in [4.78, 5) is 27.6. The Bertz CT molecular complexity index is 401. The van der Waals surface area contributed by atoms with Gasteiger partial charge in [-0.1, -0.05) is 0 Å². The Balaban J connectivity index is 1.60. The van der Waals surface area contributed by atoms with E-state index in [0.717, 1.165) is 13.0 Å². The van der Waals surface area contributed by atoms with Crippen LogP contribution in [0, 0.1) is 11.3 Å². The Hall–Kier alpha value is -1.26. The van der Waals surface area contributed by atoms with Gasteiger partial charge in [-0.3, -0.25) is 4.79 Å². The third-order valence-corrected chi connectivity index (χ3v) is 5.31. The number of aliphatic carboxylic acids is 1. The van der Waals surface area contributed by atoms with Gasteiger partial charge < -0.3 is 14.9 Å². The number of amides is 2. The minimum atomic E-state index is -0.736. The molecule has 3 fully saturated rings. The predicted octanol–water partition coefficient (Wildman–Crippen LogP) is 1.78. The fourth-order valence-corrected chi connectivity index (χ4v) is 3.75. The van der Waals surface area contributed by atoms with E-state index in [9.17, 15) is 14.7 Å². The van der Waals surface area contributed by atoms with E-state index in [2.05, 4.69) is 0 Å². The average molecular weight is 266 g/mol. The number of rotatable bonds is 1. The molecule has 0 aromatic rings. The van der Waals surface area contributed by atoms with E-state index < -0.39 is 11.4 Å². The Morgan fingerprint density at radius 2 is 1.89 bits per heavy atom. The minimum absolute atomic E-state index is 0.139. The molecule has 2 aliphatic heterocycles. The number of nitrogens with zero attached hydrogens (tertiary/aromatic N) is 2. The molecule has 2 amide bonds. The molecule has 5 nitrogen and oxygen atoms in total. The van der Waals surface area contributed by atoms with Crippen LogP contribution >= 0.6 is 0 Å². The van der Waals surface area contributed by atoms with Crippen LogP contribution in [-0.2, 0) is 4.79 Å². The lowest BCUT2D eigenvalue weighted by molar-refractivity contribution is -0.150. The topological polar surface area (TPSA) is 60.9 Å². The average Bonchev–Trinajstić information content (AvgIpc) is 3.01. The molecule has 3 aliphatic rings. The molecule has 2 atom stereocenters. The molecular weight excluding hydrogens is 244 g/mol. The van der Waals surface area contributed by atoms with Gasteiger partial charge in [0.25, 0.3) is 0 Å². The van der Waals surface area contributed by atoms with Gasteiger partial charge in [-0.2, -0.15) is 0 Å². The lowest BCUT2D eigenvalue weighted by Crippen LogP contribution is -2.51. The zero-order valence-corrected chi connectivity index (χ0v) is 11.5. The number of carboxylic acids is 1. The van der Waals surface area contributed by atoms with Gasteiger partial charge in [0.2, 0.25) is 0 Å². The van der Waals surface area contributed by atoms with Crippen LogP contribution in [-0.4, -0.2) is 52.6 Å². The van der Waals surface area contributed by atoms with Crippen LogP contribution in [0.25, 0.3) is 0 Å². The highest BCUT2D eigenvalue weighted by molar-refractivity contribution is 5.77. The summed E-state index contributed by atoms with van der Waals surface area (Å²) >= 11 is 0. The minimum Gasteiger partial charge on any atom is -0.481 e. The van der Waals surface area contributed by atoms with E-state index in [1.165, 1.54) is 12.8 Å². The molecule has 0 radical (unpaired) electrons. The number of carbonyl (C=O) groups excluding carboxylic acids is 1. The zero-order chi connectivity index (χ0) is 13.6. The maximum Gasteiger partial charge on any atom is 0.320 e. The van der Waals surface area contributed by atoms with Gasteiger partial charge in [0.15, 0.2) is 0 Å². The fourth-order valence-electron chi connectivity index (χ4n) is 3.75. The summed E-state index contributed by atoms with van der Waals surface area (Å²) in [6, 6.07) is 0.588. The van der Waals surface area contributed by atoms with Crippen LogP contribution in [0.4, 0.5) is 4.79 Å². The van der Waals surface area contributed by atoms with Crippen molar-refractivity contribution in [2.45, 2.75) is 45.1 Å². The maximum absolute atomic E-state index is 12.5. The second kappa shape index (κ2) is 4.39. The van der Waals surface area contributed by atoms with E-state index in [1.54, 1.807) is 6.92 Å². The van der Waals surface area contributed by atoms with Crippen molar-refractivity contribution in [3.63, 3.8) is 0 Å². The lowest BCUT2D eigenvalue weighted by Gasteiger charge is -2.39. The molecule has 2 heterocycles. The van der Waals surface area contributed by atoms with Crippen LogP contribution in [0.5, 0.6) is 0 Å². The van der Waals surface area contributed by atoms with E-state index in [0.29, 0.717) is 37.9 Å². The Labute approximate surface area is 113 Å². The van der Waals surface area contributed by atoms with Gasteiger partial charge in [0, 0.05) is 25.7 Å². The molecule has 1 saturated carbocycles. The normalized spacial score (nSPS) is 32.7. The zero-order valence-electron chi connectivity index (χ0n) is 11.5. The number of urea groups is 1. The van der Waals surface area contributed by atoms with E-state index in [4.69, 9.17) is 0 Å². The number of piperidine rings is 2. The third kappa shape index (κ3) is 2.09. The highest BCUT2D eigenvalue weighted by atomic mass is 16.4. The third-order valence-electron chi connectivity index (χ3n) is 5.31. The first kappa shape index (κ1) is 12.8. The van der Waals surface area contributed by atoms with Crippen LogP contribution in [0.2, 0.25) is 0 Å². The molecule has 2 saturated heterocycles. The van der Waals surface area contributed by atoms with Gasteiger partial charge in [-0.15, -0.1) is 0 Å². The predicted molar refractivity (Wildman–Crippen MR) is 69.8 cm³/mol. The Kier molecular flexibility index (Phi) is 2.95. The van der Waals surface area contributed by atoms with Crippen LogP contribution in [0.15, 0.2) is 0 Å². The Morgan fingerprint density at radius 1 is 1.21 bits per heavy atom. The largest absolute Gasteiger partial charge is 0.481 e. The van der Waals surface area contributed by atoms with Crippen molar-refractivity contribution in [1.82, 2.24) is 9.80 Å². The van der Waals surface area contributed by atoms with Crippen LogP contribution < -0.4 is 0 Å². The monoisotopic (exact) mass is 266 g/mol. The summed E-state index contributed by atoms with van der Waals surface area (Å²) in [5, 5.41) is 9.21. The summed E-state index contributed by atoms with van der Waals surface area (Å²) in [6.07, 6.45) is 4.72. The van der Waals surface area contributed by atoms with Gasteiger partial charge in [-0.05, 0) is 44.9 Å². The van der Waals surface area contributed by atoms with Crippen LogP contribution in [0.1, 0.15) is 39.0 Å². The highest BCUT2D eigenvalue weighted by Gasteiger charge is 2.44. The number of hydrogen-bond acceptors (Lipinski definition) is 2. The molecule has 2 unspecified atom stereocenters. The highest BCUT2D eigenvalue weighted by Crippen LogP contribution is 2.39. The maximum atomic E-state index is 12.5. The second-order valence-corrected chi connectivity index (χ2v) is 6.62. The van der Waals surface area contributed by atoms with Crippen molar-refractivity contribution in [1.29, 1.82) is 0 Å². The van der Waals surface area contributed by atoms with E-state index in [1.807, 2.05) is 9.80 Å². The molecule has 1 aliphatic carbocycles. The molecule has 0 spiro atoms. The molecular formula is C14H22N2O3. The number of fused-ring (bicyclic) bond motifs is 2. The molecule has 0 aromatic heterocycles. The Morgan fingerprint density at radius 3 is 2.37 bits per heavy atom. The molecule has 5 heteroatoms. The summed E-state index contributed by atoms with van der Waals surface area (Å²) in [5.41, 5.74) is -0.652. The van der Waals surface area contributed by atoms with E-state index in [-0.39, 0.29) is 6.03 Å². The number of likely N-dealkylation sites (tertiary alicyclic amines) is 2. The van der Waals surface area contributed by atoms with Crippen molar-refractivity contribution in [3.8, 4) is 0 Å². The van der Waals surface area contributed by atoms with Crippen molar-refractivity contribution in [2.75, 3.05) is 19.6 Å². The molecule has 1 N–H and O–H groups in total. The van der Waals surface area contributed by atoms with Crippen molar-refractivity contribution >= 4 is 12.0 Å². The summed E-state index contributed by atoms with van der Waals surface area (Å²) in [5.74, 6) is -0.0251. The van der Waals surface area contributed by atoms with Gasteiger partial charge in [0.05, 0.1) is 5.41 Å². The lowest BCUT2D eigenvalue weighted by atomic mass is 9.80. The van der Waals surface area contributed by atoms with E-state index >= 15 is 0 Å². The van der Waals surface area contributed by atoms with Gasteiger partial charge >= 0.3 is 12.0 Å².